The van der Waals surface area contributed by atoms with Gasteiger partial charge in [-0.2, -0.15) is 0 Å². The fourth-order valence-electron chi connectivity index (χ4n) is 2.15. The average molecular weight is 317 g/mol. The first-order valence-electron chi connectivity index (χ1n) is 7.25. The van der Waals surface area contributed by atoms with E-state index in [0.717, 1.165) is 0 Å². The van der Waals surface area contributed by atoms with Crippen molar-refractivity contribution in [3.05, 3.63) is 48.3 Å². The molecule has 0 saturated carbocycles. The van der Waals surface area contributed by atoms with E-state index in [1.54, 1.807) is 37.3 Å². The van der Waals surface area contributed by atoms with Gasteiger partial charge < -0.3 is 19.5 Å². The van der Waals surface area contributed by atoms with Gasteiger partial charge in [-0.05, 0) is 31.2 Å². The third-order valence-corrected chi connectivity index (χ3v) is 3.32. The highest BCUT2D eigenvalue weighted by atomic mass is 19.1. The highest BCUT2D eigenvalue weighted by Gasteiger charge is 2.18. The molecule has 1 N–H and O–H groups in total. The SMILES string of the molecule is CC(Oc1ccccc1F)C(=O)Nc1ccc2c(c1)OCCO2. The molecule has 0 fully saturated rings. The zero-order valence-electron chi connectivity index (χ0n) is 12.5. The summed E-state index contributed by atoms with van der Waals surface area (Å²) in [5.41, 5.74) is 0.559. The van der Waals surface area contributed by atoms with E-state index in [2.05, 4.69) is 5.32 Å². The molecule has 2 aromatic rings. The second-order valence-electron chi connectivity index (χ2n) is 5.04. The second-order valence-corrected chi connectivity index (χ2v) is 5.04. The lowest BCUT2D eigenvalue weighted by Crippen LogP contribution is -2.30. The maximum atomic E-state index is 13.5. The zero-order valence-corrected chi connectivity index (χ0v) is 12.5. The highest BCUT2D eigenvalue weighted by Crippen LogP contribution is 2.32. The smallest absolute Gasteiger partial charge is 0.265 e. The van der Waals surface area contributed by atoms with Crippen LogP contribution in [0.15, 0.2) is 42.5 Å². The van der Waals surface area contributed by atoms with E-state index < -0.39 is 11.9 Å². The Morgan fingerprint density at radius 1 is 1.17 bits per heavy atom. The van der Waals surface area contributed by atoms with E-state index in [4.69, 9.17) is 14.2 Å². The number of anilines is 1. The number of ether oxygens (including phenoxy) is 3. The van der Waals surface area contributed by atoms with Gasteiger partial charge in [-0.25, -0.2) is 4.39 Å². The minimum Gasteiger partial charge on any atom is -0.486 e. The van der Waals surface area contributed by atoms with Gasteiger partial charge in [0, 0.05) is 11.8 Å². The summed E-state index contributed by atoms with van der Waals surface area (Å²) < 4.78 is 29.8. The normalized spacial score (nSPS) is 14.0. The third-order valence-electron chi connectivity index (χ3n) is 3.32. The number of hydrogen-bond acceptors (Lipinski definition) is 4. The van der Waals surface area contributed by atoms with Crippen molar-refractivity contribution in [2.75, 3.05) is 18.5 Å². The Morgan fingerprint density at radius 2 is 1.91 bits per heavy atom. The number of halogens is 1. The number of rotatable bonds is 4. The monoisotopic (exact) mass is 317 g/mol. The molecule has 1 heterocycles. The molecule has 0 bridgehead atoms. The molecule has 23 heavy (non-hydrogen) atoms. The lowest BCUT2D eigenvalue weighted by Gasteiger charge is -2.19. The molecule has 0 spiro atoms. The Kier molecular flexibility index (Phi) is 4.32. The van der Waals surface area contributed by atoms with Gasteiger partial charge in [0.15, 0.2) is 29.2 Å². The molecule has 1 unspecified atom stereocenters. The molecule has 1 amide bonds. The highest BCUT2D eigenvalue weighted by molar-refractivity contribution is 5.94. The summed E-state index contributed by atoms with van der Waals surface area (Å²) in [6.45, 7) is 2.53. The van der Waals surface area contributed by atoms with Crippen molar-refractivity contribution in [3.63, 3.8) is 0 Å². The Balaban J connectivity index is 1.65. The van der Waals surface area contributed by atoms with Gasteiger partial charge in [0.05, 0.1) is 0 Å². The van der Waals surface area contributed by atoms with Crippen molar-refractivity contribution < 1.29 is 23.4 Å². The number of fused-ring (bicyclic) bond motifs is 1. The van der Waals surface area contributed by atoms with E-state index in [0.29, 0.717) is 30.4 Å². The molecule has 0 saturated heterocycles. The van der Waals surface area contributed by atoms with E-state index >= 15 is 0 Å². The summed E-state index contributed by atoms with van der Waals surface area (Å²) in [6.07, 6.45) is -0.847. The maximum Gasteiger partial charge on any atom is 0.265 e. The molecule has 0 radical (unpaired) electrons. The molecule has 6 heteroatoms. The average Bonchev–Trinajstić information content (AvgIpc) is 2.56. The fourth-order valence-corrected chi connectivity index (χ4v) is 2.15. The van der Waals surface area contributed by atoms with E-state index in [1.807, 2.05) is 0 Å². The summed E-state index contributed by atoms with van der Waals surface area (Å²) in [6, 6.07) is 11.1. The van der Waals surface area contributed by atoms with Crippen molar-refractivity contribution in [1.82, 2.24) is 0 Å². The third kappa shape index (κ3) is 3.53. The van der Waals surface area contributed by atoms with Crippen molar-refractivity contribution in [3.8, 4) is 17.2 Å². The number of hydrogen-bond donors (Lipinski definition) is 1. The molecule has 1 aliphatic heterocycles. The molecule has 3 rings (SSSR count). The molecule has 0 aliphatic carbocycles. The second kappa shape index (κ2) is 6.56. The van der Waals surface area contributed by atoms with Gasteiger partial charge in [0.2, 0.25) is 0 Å². The number of amides is 1. The lowest BCUT2D eigenvalue weighted by molar-refractivity contribution is -0.122. The first-order chi connectivity index (χ1) is 11.1. The number of para-hydroxylation sites is 1. The van der Waals surface area contributed by atoms with E-state index in [-0.39, 0.29) is 11.7 Å². The summed E-state index contributed by atoms with van der Waals surface area (Å²) in [4.78, 5) is 12.2. The van der Waals surface area contributed by atoms with Crippen molar-refractivity contribution in [2.24, 2.45) is 0 Å². The van der Waals surface area contributed by atoms with Crippen LogP contribution in [-0.4, -0.2) is 25.2 Å². The van der Waals surface area contributed by atoms with Gasteiger partial charge in [0.1, 0.15) is 13.2 Å². The molecule has 5 nitrogen and oxygen atoms in total. The zero-order chi connectivity index (χ0) is 16.2. The van der Waals surface area contributed by atoms with Gasteiger partial charge in [0.25, 0.3) is 5.91 Å². The molecule has 1 atom stereocenters. The largest absolute Gasteiger partial charge is 0.486 e. The van der Waals surface area contributed by atoms with E-state index in [9.17, 15) is 9.18 Å². The van der Waals surface area contributed by atoms with Crippen molar-refractivity contribution in [2.45, 2.75) is 13.0 Å². The molecular weight excluding hydrogens is 301 g/mol. The summed E-state index contributed by atoms with van der Waals surface area (Å²) >= 11 is 0. The van der Waals surface area contributed by atoms with Crippen LogP contribution in [0.3, 0.4) is 0 Å². The van der Waals surface area contributed by atoms with Crippen LogP contribution in [0, 0.1) is 5.82 Å². The van der Waals surface area contributed by atoms with Crippen LogP contribution in [0.2, 0.25) is 0 Å². The number of benzene rings is 2. The van der Waals surface area contributed by atoms with Crippen LogP contribution in [0.1, 0.15) is 6.92 Å². The summed E-state index contributed by atoms with van der Waals surface area (Å²) in [5.74, 6) is 0.371. The fraction of sp³-hybridized carbons (Fsp3) is 0.235. The van der Waals surface area contributed by atoms with Gasteiger partial charge in [-0.15, -0.1) is 0 Å². The Morgan fingerprint density at radius 3 is 2.70 bits per heavy atom. The molecule has 0 aromatic heterocycles. The van der Waals surface area contributed by atoms with Crippen molar-refractivity contribution >= 4 is 11.6 Å². The predicted octanol–water partition coefficient (Wildman–Crippen LogP) is 3.00. The summed E-state index contributed by atoms with van der Waals surface area (Å²) in [7, 11) is 0. The standard InChI is InChI=1S/C17H16FNO4/c1-11(23-14-5-3-2-4-13(14)18)17(20)19-12-6-7-15-16(10-12)22-9-8-21-15/h2-7,10-11H,8-9H2,1H3,(H,19,20). The predicted molar refractivity (Wildman–Crippen MR) is 82.6 cm³/mol. The number of carbonyl (C=O) groups is 1. The number of nitrogens with one attached hydrogen (secondary N) is 1. The Labute approximate surface area is 133 Å². The molecule has 2 aromatic carbocycles. The van der Waals surface area contributed by atoms with Crippen LogP contribution >= 0.6 is 0 Å². The lowest BCUT2D eigenvalue weighted by atomic mass is 10.2. The van der Waals surface area contributed by atoms with Crippen LogP contribution in [0.4, 0.5) is 10.1 Å². The molecular formula is C17H16FNO4. The van der Waals surface area contributed by atoms with Crippen LogP contribution in [0.25, 0.3) is 0 Å². The Hall–Kier alpha value is -2.76. The molecule has 1 aliphatic rings. The Bertz CT molecular complexity index is 719. The quantitative estimate of drug-likeness (QED) is 0.942. The van der Waals surface area contributed by atoms with Gasteiger partial charge in [-0.1, -0.05) is 12.1 Å². The minimum atomic E-state index is -0.847. The first kappa shape index (κ1) is 15.1. The topological polar surface area (TPSA) is 56.8 Å². The van der Waals surface area contributed by atoms with Gasteiger partial charge in [-0.3, -0.25) is 4.79 Å². The van der Waals surface area contributed by atoms with E-state index in [1.165, 1.54) is 12.1 Å². The first-order valence-corrected chi connectivity index (χ1v) is 7.25. The van der Waals surface area contributed by atoms with Crippen LogP contribution in [-0.2, 0) is 4.79 Å². The van der Waals surface area contributed by atoms with Gasteiger partial charge >= 0.3 is 0 Å². The van der Waals surface area contributed by atoms with Crippen LogP contribution in [0.5, 0.6) is 17.2 Å². The minimum absolute atomic E-state index is 0.0392. The molecule has 120 valence electrons. The van der Waals surface area contributed by atoms with Crippen LogP contribution < -0.4 is 19.5 Å². The number of carbonyl (C=O) groups excluding carboxylic acids is 1. The van der Waals surface area contributed by atoms with Crippen molar-refractivity contribution in [1.29, 1.82) is 0 Å². The summed E-state index contributed by atoms with van der Waals surface area (Å²) in [5, 5.41) is 2.71. The maximum absolute atomic E-state index is 13.5.